The molecule has 0 aromatic carbocycles. The van der Waals surface area contributed by atoms with Crippen LogP contribution in [0, 0.1) is 0 Å². The Bertz CT molecular complexity index is 478. The number of halogens is 1. The predicted octanol–water partition coefficient (Wildman–Crippen LogP) is 1.57. The highest BCUT2D eigenvalue weighted by Gasteiger charge is 2.07. The number of anilines is 1. The third kappa shape index (κ3) is 2.09. The quantitative estimate of drug-likeness (QED) is 0.882. The zero-order chi connectivity index (χ0) is 11.5. The maximum Gasteiger partial charge on any atom is 0.218 e. The second-order valence-electron chi connectivity index (χ2n) is 3.23. The lowest BCUT2D eigenvalue weighted by Crippen LogP contribution is -2.03. The van der Waals surface area contributed by atoms with Crippen LogP contribution in [0.2, 0.25) is 5.02 Å². The molecule has 0 amide bonds. The summed E-state index contributed by atoms with van der Waals surface area (Å²) in [5.74, 6) is 0.900. The number of ether oxygens (including phenoxy) is 1. The molecule has 2 aromatic rings. The summed E-state index contributed by atoms with van der Waals surface area (Å²) in [5.41, 5.74) is 6.47. The monoisotopic (exact) mass is 238 g/mol. The van der Waals surface area contributed by atoms with E-state index in [9.17, 15) is 0 Å². The Morgan fingerprint density at radius 2 is 2.38 bits per heavy atom. The number of nitrogen functional groups attached to an aromatic ring is 1. The summed E-state index contributed by atoms with van der Waals surface area (Å²) in [7, 11) is 1.58. The molecule has 6 heteroatoms. The lowest BCUT2D eigenvalue weighted by Gasteiger charge is -2.06. The van der Waals surface area contributed by atoms with Gasteiger partial charge in [0.25, 0.3) is 0 Å². The fourth-order valence-electron chi connectivity index (χ4n) is 1.40. The first-order chi connectivity index (χ1) is 7.70. The van der Waals surface area contributed by atoms with Crippen LogP contribution in [0.15, 0.2) is 24.5 Å². The largest absolute Gasteiger partial charge is 0.481 e. The zero-order valence-electron chi connectivity index (χ0n) is 8.72. The van der Waals surface area contributed by atoms with E-state index in [1.165, 1.54) is 0 Å². The number of rotatable bonds is 3. The van der Waals surface area contributed by atoms with Crippen molar-refractivity contribution in [2.45, 2.75) is 6.54 Å². The molecule has 0 saturated carbocycles. The topological polar surface area (TPSA) is 66.0 Å². The van der Waals surface area contributed by atoms with E-state index in [4.69, 9.17) is 22.1 Å². The van der Waals surface area contributed by atoms with Crippen LogP contribution < -0.4 is 10.5 Å². The molecule has 0 unspecified atom stereocenters. The van der Waals surface area contributed by atoms with E-state index >= 15 is 0 Å². The van der Waals surface area contributed by atoms with Crippen LogP contribution in [0.25, 0.3) is 0 Å². The van der Waals surface area contributed by atoms with Gasteiger partial charge in [0, 0.05) is 18.0 Å². The number of nitrogens with two attached hydrogens (primary N) is 1. The van der Waals surface area contributed by atoms with Crippen LogP contribution in [0.1, 0.15) is 5.56 Å². The van der Waals surface area contributed by atoms with Gasteiger partial charge in [-0.2, -0.15) is 5.10 Å². The van der Waals surface area contributed by atoms with Crippen LogP contribution in [-0.2, 0) is 6.54 Å². The van der Waals surface area contributed by atoms with Gasteiger partial charge in [-0.25, -0.2) is 4.98 Å². The van der Waals surface area contributed by atoms with Gasteiger partial charge in [-0.3, -0.25) is 4.68 Å². The van der Waals surface area contributed by atoms with Crippen molar-refractivity contribution in [3.8, 4) is 5.88 Å². The van der Waals surface area contributed by atoms with Crippen LogP contribution in [0.3, 0.4) is 0 Å². The van der Waals surface area contributed by atoms with E-state index in [0.29, 0.717) is 23.3 Å². The molecule has 2 N–H and O–H groups in total. The molecule has 84 valence electrons. The molecule has 16 heavy (non-hydrogen) atoms. The first-order valence-corrected chi connectivity index (χ1v) is 5.05. The molecule has 2 aromatic heterocycles. The van der Waals surface area contributed by atoms with E-state index in [0.717, 1.165) is 5.56 Å². The Kier molecular flexibility index (Phi) is 2.96. The number of hydrogen-bond acceptors (Lipinski definition) is 4. The molecule has 0 fully saturated rings. The van der Waals surface area contributed by atoms with E-state index < -0.39 is 0 Å². The molecular formula is C10H11ClN4O. The van der Waals surface area contributed by atoms with Crippen molar-refractivity contribution in [1.29, 1.82) is 0 Å². The number of nitrogens with zero attached hydrogens (tertiary/aromatic N) is 3. The average molecular weight is 239 g/mol. The summed E-state index contributed by atoms with van der Waals surface area (Å²) in [6, 6.07) is 3.75. The molecule has 0 aliphatic carbocycles. The minimum Gasteiger partial charge on any atom is -0.481 e. The van der Waals surface area contributed by atoms with Gasteiger partial charge in [-0.1, -0.05) is 17.7 Å². The third-order valence-electron chi connectivity index (χ3n) is 2.12. The fourth-order valence-corrected chi connectivity index (χ4v) is 1.55. The van der Waals surface area contributed by atoms with Gasteiger partial charge >= 0.3 is 0 Å². The first kappa shape index (κ1) is 10.8. The number of methoxy groups -OCH3 is 1. The Balaban J connectivity index is 2.26. The van der Waals surface area contributed by atoms with Crippen molar-refractivity contribution in [2.75, 3.05) is 12.8 Å². The molecule has 2 rings (SSSR count). The molecule has 0 saturated heterocycles. The minimum atomic E-state index is 0.324. The molecule has 5 nitrogen and oxygen atoms in total. The summed E-state index contributed by atoms with van der Waals surface area (Å²) < 4.78 is 6.79. The SMILES string of the molecule is COc1ncccc1Cn1cc(Cl)c(N)n1. The lowest BCUT2D eigenvalue weighted by molar-refractivity contribution is 0.390. The fraction of sp³-hybridized carbons (Fsp3) is 0.200. The van der Waals surface area contributed by atoms with Crippen molar-refractivity contribution in [2.24, 2.45) is 0 Å². The predicted molar refractivity (Wildman–Crippen MR) is 61.5 cm³/mol. The molecule has 0 radical (unpaired) electrons. The van der Waals surface area contributed by atoms with Gasteiger partial charge in [0.2, 0.25) is 5.88 Å². The van der Waals surface area contributed by atoms with Gasteiger partial charge in [-0.05, 0) is 6.07 Å². The van der Waals surface area contributed by atoms with E-state index in [-0.39, 0.29) is 0 Å². The van der Waals surface area contributed by atoms with Gasteiger partial charge in [0.15, 0.2) is 5.82 Å². The Labute approximate surface area is 97.8 Å². The van der Waals surface area contributed by atoms with Gasteiger partial charge in [0.1, 0.15) is 5.02 Å². The highest BCUT2D eigenvalue weighted by Crippen LogP contribution is 2.19. The molecule has 0 atom stereocenters. The number of pyridine rings is 1. The number of aromatic nitrogens is 3. The smallest absolute Gasteiger partial charge is 0.218 e. The standard InChI is InChI=1S/C10H11ClN4O/c1-16-10-7(3-2-4-13-10)5-15-6-8(11)9(12)14-15/h2-4,6H,5H2,1H3,(H2,12,14). The van der Waals surface area contributed by atoms with E-state index in [1.54, 1.807) is 24.2 Å². The summed E-state index contributed by atoms with van der Waals surface area (Å²) in [6.45, 7) is 0.522. The van der Waals surface area contributed by atoms with Crippen molar-refractivity contribution >= 4 is 17.4 Å². The van der Waals surface area contributed by atoms with Crippen molar-refractivity contribution < 1.29 is 4.74 Å². The maximum absolute atomic E-state index is 5.81. The Morgan fingerprint density at radius 1 is 1.56 bits per heavy atom. The second-order valence-corrected chi connectivity index (χ2v) is 3.64. The number of hydrogen-bond donors (Lipinski definition) is 1. The van der Waals surface area contributed by atoms with Gasteiger partial charge < -0.3 is 10.5 Å². The van der Waals surface area contributed by atoms with E-state index in [1.807, 2.05) is 12.1 Å². The molecule has 2 heterocycles. The second kappa shape index (κ2) is 4.40. The Hall–Kier alpha value is -1.75. The molecule has 0 bridgehead atoms. The molecule has 0 aliphatic heterocycles. The van der Waals surface area contributed by atoms with Crippen molar-refractivity contribution in [3.63, 3.8) is 0 Å². The summed E-state index contributed by atoms with van der Waals surface area (Å²) in [6.07, 6.45) is 3.34. The first-order valence-electron chi connectivity index (χ1n) is 4.67. The van der Waals surface area contributed by atoms with Crippen LogP contribution in [0.5, 0.6) is 5.88 Å². The van der Waals surface area contributed by atoms with Crippen molar-refractivity contribution in [1.82, 2.24) is 14.8 Å². The normalized spacial score (nSPS) is 10.4. The highest BCUT2D eigenvalue weighted by molar-refractivity contribution is 6.32. The van der Waals surface area contributed by atoms with Crippen LogP contribution in [-0.4, -0.2) is 21.9 Å². The average Bonchev–Trinajstić information content (AvgIpc) is 2.59. The summed E-state index contributed by atoms with van der Waals surface area (Å²) >= 11 is 5.81. The summed E-state index contributed by atoms with van der Waals surface area (Å²) in [4.78, 5) is 4.10. The molecular weight excluding hydrogens is 228 g/mol. The van der Waals surface area contributed by atoms with Gasteiger partial charge in [-0.15, -0.1) is 0 Å². The third-order valence-corrected chi connectivity index (χ3v) is 2.41. The van der Waals surface area contributed by atoms with Crippen molar-refractivity contribution in [3.05, 3.63) is 35.1 Å². The zero-order valence-corrected chi connectivity index (χ0v) is 9.48. The molecule has 0 spiro atoms. The maximum atomic E-state index is 5.81. The van der Waals surface area contributed by atoms with Crippen LogP contribution >= 0.6 is 11.6 Å². The molecule has 0 aliphatic rings. The Morgan fingerprint density at radius 3 is 3.00 bits per heavy atom. The van der Waals surface area contributed by atoms with E-state index in [2.05, 4.69) is 10.1 Å². The van der Waals surface area contributed by atoms with Gasteiger partial charge in [0.05, 0.1) is 13.7 Å². The minimum absolute atomic E-state index is 0.324. The lowest BCUT2D eigenvalue weighted by atomic mass is 10.3. The summed E-state index contributed by atoms with van der Waals surface area (Å²) in [5, 5.41) is 4.51. The van der Waals surface area contributed by atoms with Crippen LogP contribution in [0.4, 0.5) is 5.82 Å². The highest BCUT2D eigenvalue weighted by atomic mass is 35.5.